The smallest absolute Gasteiger partial charge is 0.328 e. The molecule has 0 N–H and O–H groups in total. The fraction of sp³-hybridized carbons (Fsp3) is 0.320. The number of allylic oxidation sites excluding steroid dienone is 1. The fourth-order valence-corrected chi connectivity index (χ4v) is 3.33. The molecule has 0 heterocycles. The van der Waals surface area contributed by atoms with Crippen LogP contribution < -0.4 is 0 Å². The molecule has 0 radical (unpaired) electrons. The maximum atomic E-state index is 12.8. The van der Waals surface area contributed by atoms with Crippen molar-refractivity contribution in [1.29, 1.82) is 5.26 Å². The Morgan fingerprint density at radius 3 is 2.37 bits per heavy atom. The number of esters is 1. The summed E-state index contributed by atoms with van der Waals surface area (Å²) in [4.78, 5) is 26.8. The molecule has 1 amide bonds. The zero-order valence-corrected chi connectivity index (χ0v) is 18.0. The van der Waals surface area contributed by atoms with E-state index in [4.69, 9.17) is 4.74 Å². The summed E-state index contributed by atoms with van der Waals surface area (Å²) in [6.07, 6.45) is 4.03. The van der Waals surface area contributed by atoms with E-state index < -0.39 is 12.0 Å². The summed E-state index contributed by atoms with van der Waals surface area (Å²) >= 11 is 0. The van der Waals surface area contributed by atoms with E-state index in [1.165, 1.54) is 13.2 Å². The molecule has 30 heavy (non-hydrogen) atoms. The van der Waals surface area contributed by atoms with Gasteiger partial charge in [-0.2, -0.15) is 5.26 Å². The highest BCUT2D eigenvalue weighted by Gasteiger charge is 2.32. The van der Waals surface area contributed by atoms with Crippen LogP contribution in [-0.2, 0) is 20.9 Å². The molecule has 0 aliphatic rings. The summed E-state index contributed by atoms with van der Waals surface area (Å²) in [7, 11) is 1.34. The third kappa shape index (κ3) is 5.57. The summed E-state index contributed by atoms with van der Waals surface area (Å²) in [5.41, 5.74) is 3.28. The van der Waals surface area contributed by atoms with Gasteiger partial charge >= 0.3 is 5.97 Å². The number of hydrogen-bond donors (Lipinski definition) is 0. The van der Waals surface area contributed by atoms with Gasteiger partial charge in [0.25, 0.3) is 0 Å². The van der Waals surface area contributed by atoms with Crippen molar-refractivity contribution in [2.45, 2.75) is 39.8 Å². The molecule has 0 aromatic heterocycles. The van der Waals surface area contributed by atoms with Crippen LogP contribution in [0.1, 0.15) is 38.3 Å². The molecule has 0 aliphatic heterocycles. The lowest BCUT2D eigenvalue weighted by atomic mass is 9.98. The molecule has 0 spiro atoms. The molecule has 5 nitrogen and oxygen atoms in total. The van der Waals surface area contributed by atoms with Gasteiger partial charge in [0.15, 0.2) is 0 Å². The van der Waals surface area contributed by atoms with Gasteiger partial charge in [0.2, 0.25) is 5.91 Å². The first-order valence-corrected chi connectivity index (χ1v) is 10.1. The van der Waals surface area contributed by atoms with Crippen molar-refractivity contribution in [2.75, 3.05) is 7.11 Å². The number of nitriles is 1. The second-order valence-electron chi connectivity index (χ2n) is 7.34. The first kappa shape index (κ1) is 22.9. The number of rotatable bonds is 8. The molecule has 0 saturated heterocycles. The quantitative estimate of drug-likeness (QED) is 0.472. The van der Waals surface area contributed by atoms with Gasteiger partial charge in [-0.3, -0.25) is 4.79 Å². The first-order valence-electron chi connectivity index (χ1n) is 10.1. The van der Waals surface area contributed by atoms with Crippen molar-refractivity contribution < 1.29 is 14.3 Å². The van der Waals surface area contributed by atoms with Crippen molar-refractivity contribution in [3.63, 3.8) is 0 Å². The predicted molar refractivity (Wildman–Crippen MR) is 117 cm³/mol. The molecular formula is C25H28N2O3. The Morgan fingerprint density at radius 1 is 1.13 bits per heavy atom. The van der Waals surface area contributed by atoms with Gasteiger partial charge in [0.1, 0.15) is 6.04 Å². The zero-order chi connectivity index (χ0) is 22.1. The minimum atomic E-state index is -0.678. The lowest BCUT2D eigenvalue weighted by Crippen LogP contribution is -2.47. The number of methoxy groups -OCH3 is 1. The van der Waals surface area contributed by atoms with E-state index in [0.29, 0.717) is 5.56 Å². The lowest BCUT2D eigenvalue weighted by Gasteiger charge is -2.32. The molecule has 0 fully saturated rings. The summed E-state index contributed by atoms with van der Waals surface area (Å²) in [5.74, 6) is -0.749. The summed E-state index contributed by atoms with van der Waals surface area (Å²) in [6.45, 7) is 6.03. The minimum absolute atomic E-state index is 0.0989. The van der Waals surface area contributed by atoms with Crippen LogP contribution in [0, 0.1) is 17.2 Å². The highest BCUT2D eigenvalue weighted by atomic mass is 16.5. The van der Waals surface area contributed by atoms with Crippen molar-refractivity contribution in [3.05, 3.63) is 71.8 Å². The summed E-state index contributed by atoms with van der Waals surface area (Å²) < 4.78 is 4.96. The molecule has 0 saturated carbocycles. The third-order valence-electron chi connectivity index (χ3n) is 4.85. The number of carbonyl (C=O) groups is 2. The Bertz CT molecular complexity index is 940. The van der Waals surface area contributed by atoms with E-state index in [-0.39, 0.29) is 18.4 Å². The van der Waals surface area contributed by atoms with Crippen molar-refractivity contribution >= 4 is 11.9 Å². The van der Waals surface area contributed by atoms with Crippen LogP contribution in [0.5, 0.6) is 0 Å². The lowest BCUT2D eigenvalue weighted by molar-refractivity contribution is -0.153. The van der Waals surface area contributed by atoms with Gasteiger partial charge < -0.3 is 9.64 Å². The van der Waals surface area contributed by atoms with Crippen LogP contribution in [-0.4, -0.2) is 29.9 Å². The molecular weight excluding hydrogens is 376 g/mol. The van der Waals surface area contributed by atoms with Crippen LogP contribution in [0.25, 0.3) is 11.1 Å². The van der Waals surface area contributed by atoms with Crippen LogP contribution in [0.4, 0.5) is 0 Å². The Morgan fingerprint density at radius 2 is 1.80 bits per heavy atom. The molecule has 2 aromatic rings. The normalized spacial score (nSPS) is 11.9. The maximum absolute atomic E-state index is 12.8. The van der Waals surface area contributed by atoms with E-state index in [1.54, 1.807) is 17.0 Å². The molecule has 0 aliphatic carbocycles. The fourth-order valence-electron chi connectivity index (χ4n) is 3.33. The molecule has 156 valence electrons. The van der Waals surface area contributed by atoms with E-state index >= 15 is 0 Å². The third-order valence-corrected chi connectivity index (χ3v) is 4.85. The Kier molecular flexibility index (Phi) is 8.37. The highest BCUT2D eigenvalue weighted by Crippen LogP contribution is 2.25. The number of carbonyl (C=O) groups excluding carboxylic acids is 2. The van der Waals surface area contributed by atoms with Gasteiger partial charge in [-0.15, -0.1) is 0 Å². The van der Waals surface area contributed by atoms with Crippen LogP contribution in [0.15, 0.2) is 60.7 Å². The Hall–Kier alpha value is -3.39. The van der Waals surface area contributed by atoms with E-state index in [1.807, 2.05) is 63.2 Å². The van der Waals surface area contributed by atoms with Gasteiger partial charge in [0, 0.05) is 6.54 Å². The van der Waals surface area contributed by atoms with E-state index in [9.17, 15) is 14.9 Å². The molecule has 2 rings (SSSR count). The average Bonchev–Trinajstić information content (AvgIpc) is 2.77. The highest BCUT2D eigenvalue weighted by molar-refractivity contribution is 5.91. The van der Waals surface area contributed by atoms with Gasteiger partial charge in [-0.25, -0.2) is 4.79 Å². The average molecular weight is 405 g/mol. The van der Waals surface area contributed by atoms with Crippen LogP contribution in [0.2, 0.25) is 0 Å². The van der Waals surface area contributed by atoms with Crippen molar-refractivity contribution in [3.8, 4) is 17.2 Å². The first-order chi connectivity index (χ1) is 14.4. The number of amides is 1. The van der Waals surface area contributed by atoms with Gasteiger partial charge in [-0.05, 0) is 41.2 Å². The van der Waals surface area contributed by atoms with Crippen LogP contribution >= 0.6 is 0 Å². The second kappa shape index (κ2) is 11.0. The van der Waals surface area contributed by atoms with Crippen LogP contribution in [0.3, 0.4) is 0 Å². The topological polar surface area (TPSA) is 70.4 Å². The monoisotopic (exact) mass is 404 g/mol. The van der Waals surface area contributed by atoms with Gasteiger partial charge in [-0.1, -0.05) is 69.3 Å². The standard InChI is InChI=1S/C25H28N2O3/c1-5-6-11-23(28)27(24(18(2)3)25(29)30-4)17-19-12-14-20(15-13-19)22-10-8-7-9-21(22)16-26/h6-15,18,24H,5,17H2,1-4H3/t24-/m0/s1. The molecule has 1 atom stereocenters. The van der Waals surface area contributed by atoms with E-state index in [2.05, 4.69) is 6.07 Å². The Labute approximate surface area is 178 Å². The Balaban J connectivity index is 2.35. The molecule has 5 heteroatoms. The SMILES string of the molecule is CCC=CC(=O)N(Cc1ccc(-c2ccccc2C#N)cc1)[C@H](C(=O)OC)C(C)C. The van der Waals surface area contributed by atoms with E-state index in [0.717, 1.165) is 23.1 Å². The number of hydrogen-bond acceptors (Lipinski definition) is 4. The second-order valence-corrected chi connectivity index (χ2v) is 7.34. The number of nitrogens with zero attached hydrogens (tertiary/aromatic N) is 2. The molecule has 0 unspecified atom stereocenters. The van der Waals surface area contributed by atoms with Crippen molar-refractivity contribution in [1.82, 2.24) is 4.90 Å². The zero-order valence-electron chi connectivity index (χ0n) is 18.0. The summed E-state index contributed by atoms with van der Waals surface area (Å²) in [5, 5.41) is 9.33. The maximum Gasteiger partial charge on any atom is 0.328 e. The molecule has 0 bridgehead atoms. The minimum Gasteiger partial charge on any atom is -0.467 e. The number of benzene rings is 2. The number of ether oxygens (including phenoxy) is 1. The van der Waals surface area contributed by atoms with Crippen molar-refractivity contribution in [2.24, 2.45) is 5.92 Å². The summed E-state index contributed by atoms with van der Waals surface area (Å²) in [6, 6.07) is 16.7. The van der Waals surface area contributed by atoms with Gasteiger partial charge in [0.05, 0.1) is 18.7 Å². The largest absolute Gasteiger partial charge is 0.467 e. The predicted octanol–water partition coefficient (Wildman–Crippen LogP) is 4.72. The molecule has 2 aromatic carbocycles.